The van der Waals surface area contributed by atoms with Crippen molar-refractivity contribution in [3.63, 3.8) is 0 Å². The lowest BCUT2D eigenvalue weighted by atomic mass is 9.92. The number of hydrogen-bond donors (Lipinski definition) is 2. The van der Waals surface area contributed by atoms with Gasteiger partial charge in [-0.05, 0) is 18.2 Å². The molecular formula is C17H18FN3O4. The number of carbonyl (C=O) groups excluding carboxylic acids is 2. The lowest BCUT2D eigenvalue weighted by Crippen LogP contribution is -2.55. The van der Waals surface area contributed by atoms with Crippen LogP contribution in [0.4, 0.5) is 19.7 Å². The van der Waals surface area contributed by atoms with Gasteiger partial charge in [-0.2, -0.15) is 0 Å². The average Bonchev–Trinajstić information content (AvgIpc) is 2.89. The smallest absolute Gasteiger partial charge is 0.416 e. The Morgan fingerprint density at radius 3 is 2.56 bits per heavy atom. The van der Waals surface area contributed by atoms with Crippen molar-refractivity contribution in [2.45, 2.75) is 32.4 Å². The molecule has 1 atom stereocenters. The molecule has 132 valence electrons. The van der Waals surface area contributed by atoms with Crippen LogP contribution >= 0.6 is 0 Å². The molecule has 1 fully saturated rings. The fraction of sp³-hybridized carbons (Fsp3) is 0.353. The van der Waals surface area contributed by atoms with E-state index in [1.54, 1.807) is 18.2 Å². The minimum atomic E-state index is -1.83. The zero-order valence-corrected chi connectivity index (χ0v) is 14.0. The molecule has 0 bridgehead atoms. The maximum absolute atomic E-state index is 13.7. The number of alkyl halides is 1. The minimum absolute atomic E-state index is 0.321. The Hall–Kier alpha value is -2.90. The van der Waals surface area contributed by atoms with Gasteiger partial charge in [0.1, 0.15) is 0 Å². The lowest BCUT2D eigenvalue weighted by molar-refractivity contribution is -0.125. The molecule has 3 amide bonds. The second-order valence-electron chi connectivity index (χ2n) is 7.01. The summed E-state index contributed by atoms with van der Waals surface area (Å²) in [6.07, 6.45) is -2.97. The number of carboxylic acid groups (broad SMARTS) is 1. The van der Waals surface area contributed by atoms with Gasteiger partial charge in [-0.3, -0.25) is 15.0 Å². The van der Waals surface area contributed by atoms with E-state index in [2.05, 4.69) is 0 Å². The van der Waals surface area contributed by atoms with Gasteiger partial charge in [0.2, 0.25) is 0 Å². The molecule has 1 aromatic heterocycles. The van der Waals surface area contributed by atoms with E-state index in [0.717, 1.165) is 4.90 Å². The average molecular weight is 347 g/mol. The highest BCUT2D eigenvalue weighted by Gasteiger charge is 2.33. The van der Waals surface area contributed by atoms with Crippen LogP contribution in [0.2, 0.25) is 0 Å². The molecule has 7 nitrogen and oxygen atoms in total. The predicted molar refractivity (Wildman–Crippen MR) is 89.8 cm³/mol. The van der Waals surface area contributed by atoms with Crippen molar-refractivity contribution in [2.24, 2.45) is 0 Å². The van der Waals surface area contributed by atoms with E-state index in [-0.39, 0.29) is 0 Å². The Labute approximate surface area is 143 Å². The standard InChI is InChI=1S/C17H18FN3O4/c1-17(2,3)13-6-9-4-5-10(7-12(9)21(13)16(24)25)20-8-11(18)14(22)19-15(20)23/h4-7,11H,8H2,1-3H3,(H,24,25)(H,19,22,23). The number of rotatable bonds is 1. The van der Waals surface area contributed by atoms with Gasteiger partial charge in [-0.1, -0.05) is 26.8 Å². The Balaban J connectivity index is 2.14. The molecule has 1 aliphatic heterocycles. The van der Waals surface area contributed by atoms with Crippen LogP contribution in [0.25, 0.3) is 10.9 Å². The number of anilines is 1. The van der Waals surface area contributed by atoms with Crippen molar-refractivity contribution in [1.82, 2.24) is 9.88 Å². The van der Waals surface area contributed by atoms with E-state index < -0.39 is 36.2 Å². The SMILES string of the molecule is CC(C)(C)c1cc2ccc(N3CC(F)C(=O)NC3=O)cc2n1C(=O)O. The van der Waals surface area contributed by atoms with Crippen LogP contribution in [0.5, 0.6) is 0 Å². The summed E-state index contributed by atoms with van der Waals surface area (Å²) in [6, 6.07) is 5.84. The molecule has 0 spiro atoms. The third kappa shape index (κ3) is 2.84. The first-order valence-electron chi connectivity index (χ1n) is 7.75. The molecule has 3 rings (SSSR count). The molecule has 2 aromatic rings. The van der Waals surface area contributed by atoms with Gasteiger partial charge < -0.3 is 5.11 Å². The number of fused-ring (bicyclic) bond motifs is 1. The van der Waals surface area contributed by atoms with Gasteiger partial charge in [-0.15, -0.1) is 0 Å². The molecule has 0 radical (unpaired) electrons. The molecule has 2 heterocycles. The van der Waals surface area contributed by atoms with E-state index >= 15 is 0 Å². The molecule has 0 aliphatic carbocycles. The summed E-state index contributed by atoms with van der Waals surface area (Å²) in [5.41, 5.74) is 0.918. The maximum atomic E-state index is 13.7. The highest BCUT2D eigenvalue weighted by Crippen LogP contribution is 2.32. The topological polar surface area (TPSA) is 91.6 Å². The highest BCUT2D eigenvalue weighted by atomic mass is 19.1. The van der Waals surface area contributed by atoms with Crippen LogP contribution < -0.4 is 10.2 Å². The first kappa shape index (κ1) is 16.9. The first-order valence-corrected chi connectivity index (χ1v) is 7.75. The van der Waals surface area contributed by atoms with E-state index in [9.17, 15) is 23.9 Å². The van der Waals surface area contributed by atoms with E-state index in [0.29, 0.717) is 22.3 Å². The molecule has 25 heavy (non-hydrogen) atoms. The number of hydrogen-bond acceptors (Lipinski definition) is 3. The first-order chi connectivity index (χ1) is 11.6. The number of benzene rings is 1. The summed E-state index contributed by atoms with van der Waals surface area (Å²) < 4.78 is 14.8. The summed E-state index contributed by atoms with van der Waals surface area (Å²) in [6.45, 7) is 5.30. The van der Waals surface area contributed by atoms with Crippen molar-refractivity contribution in [3.8, 4) is 0 Å². The number of carbonyl (C=O) groups is 3. The summed E-state index contributed by atoms with van der Waals surface area (Å²) in [5.74, 6) is -0.966. The third-order valence-electron chi connectivity index (χ3n) is 4.16. The van der Waals surface area contributed by atoms with Gasteiger partial charge in [0, 0.05) is 22.2 Å². The van der Waals surface area contributed by atoms with Crippen molar-refractivity contribution < 1.29 is 23.9 Å². The number of aromatic nitrogens is 1. The molecule has 2 N–H and O–H groups in total. The van der Waals surface area contributed by atoms with Crippen LogP contribution in [0.1, 0.15) is 26.5 Å². The summed E-state index contributed by atoms with van der Waals surface area (Å²) in [5, 5.41) is 12.2. The van der Waals surface area contributed by atoms with E-state index in [4.69, 9.17) is 0 Å². The van der Waals surface area contributed by atoms with Crippen molar-refractivity contribution in [2.75, 3.05) is 11.4 Å². The number of nitrogens with zero attached hydrogens (tertiary/aromatic N) is 2. The normalized spacial score (nSPS) is 18.6. The second kappa shape index (κ2) is 5.58. The van der Waals surface area contributed by atoms with Crippen molar-refractivity contribution in [3.05, 3.63) is 30.0 Å². The number of halogens is 1. The monoisotopic (exact) mass is 347 g/mol. The van der Waals surface area contributed by atoms with Gasteiger partial charge in [0.25, 0.3) is 5.91 Å². The summed E-state index contributed by atoms with van der Waals surface area (Å²) >= 11 is 0. The Bertz CT molecular complexity index is 897. The zero-order valence-electron chi connectivity index (χ0n) is 14.0. The number of amides is 3. The number of urea groups is 1. The summed E-state index contributed by atoms with van der Waals surface area (Å²) in [7, 11) is 0. The fourth-order valence-electron chi connectivity index (χ4n) is 2.92. The predicted octanol–water partition coefficient (Wildman–Crippen LogP) is 2.86. The molecular weight excluding hydrogens is 329 g/mol. The van der Waals surface area contributed by atoms with Crippen LogP contribution in [-0.4, -0.2) is 40.4 Å². The van der Waals surface area contributed by atoms with Gasteiger partial charge in [0.15, 0.2) is 6.17 Å². The largest absolute Gasteiger partial charge is 0.464 e. The van der Waals surface area contributed by atoms with E-state index in [1.165, 1.54) is 10.6 Å². The Morgan fingerprint density at radius 2 is 1.96 bits per heavy atom. The van der Waals surface area contributed by atoms with E-state index in [1.807, 2.05) is 26.1 Å². The van der Waals surface area contributed by atoms with Gasteiger partial charge in [-0.25, -0.2) is 18.5 Å². The Kier molecular flexibility index (Phi) is 3.78. The molecule has 8 heteroatoms. The zero-order chi connectivity index (χ0) is 18.5. The molecule has 1 aromatic carbocycles. The number of nitrogens with one attached hydrogen (secondary N) is 1. The molecule has 1 unspecified atom stereocenters. The fourth-order valence-corrected chi connectivity index (χ4v) is 2.92. The number of imide groups is 1. The Morgan fingerprint density at radius 1 is 1.28 bits per heavy atom. The minimum Gasteiger partial charge on any atom is -0.464 e. The maximum Gasteiger partial charge on any atom is 0.416 e. The molecule has 1 saturated heterocycles. The van der Waals surface area contributed by atoms with Crippen LogP contribution in [0.15, 0.2) is 24.3 Å². The van der Waals surface area contributed by atoms with Crippen molar-refractivity contribution in [1.29, 1.82) is 0 Å². The van der Waals surface area contributed by atoms with Gasteiger partial charge >= 0.3 is 12.1 Å². The quantitative estimate of drug-likeness (QED) is 0.830. The van der Waals surface area contributed by atoms with Crippen LogP contribution in [-0.2, 0) is 10.2 Å². The highest BCUT2D eigenvalue weighted by molar-refractivity contribution is 6.08. The molecule has 1 aliphatic rings. The lowest BCUT2D eigenvalue weighted by Gasteiger charge is -2.28. The second-order valence-corrected chi connectivity index (χ2v) is 7.01. The van der Waals surface area contributed by atoms with Crippen LogP contribution in [0, 0.1) is 0 Å². The van der Waals surface area contributed by atoms with Crippen molar-refractivity contribution >= 4 is 34.6 Å². The third-order valence-corrected chi connectivity index (χ3v) is 4.16. The van der Waals surface area contributed by atoms with Gasteiger partial charge in [0.05, 0.1) is 12.1 Å². The molecule has 0 saturated carbocycles. The summed E-state index contributed by atoms with van der Waals surface area (Å²) in [4.78, 5) is 36.1. The van der Waals surface area contributed by atoms with Crippen LogP contribution in [0.3, 0.4) is 0 Å².